The number of carbonyl (C=O) groups is 2. The molecule has 38 heavy (non-hydrogen) atoms. The third-order valence-electron chi connectivity index (χ3n) is 8.04. The van der Waals surface area contributed by atoms with E-state index >= 15 is 0 Å². The van der Waals surface area contributed by atoms with Crippen molar-refractivity contribution < 1.29 is 24.2 Å². The van der Waals surface area contributed by atoms with Crippen LogP contribution in [0.3, 0.4) is 0 Å². The van der Waals surface area contributed by atoms with E-state index in [1.807, 2.05) is 24.3 Å². The van der Waals surface area contributed by atoms with Gasteiger partial charge in [0, 0.05) is 17.5 Å². The number of unbranched alkanes of at least 4 members (excludes halogenated alkanes) is 4. The molecule has 7 nitrogen and oxygen atoms in total. The van der Waals surface area contributed by atoms with Crippen LogP contribution in [0.15, 0.2) is 35.1 Å². The Labute approximate surface area is 222 Å². The second-order valence-corrected chi connectivity index (χ2v) is 10.4. The van der Waals surface area contributed by atoms with Gasteiger partial charge in [0.05, 0.1) is 17.8 Å². The van der Waals surface area contributed by atoms with E-state index in [1.165, 1.54) is 12.8 Å². The fourth-order valence-corrected chi connectivity index (χ4v) is 5.86. The molecule has 5 rings (SSSR count). The summed E-state index contributed by atoms with van der Waals surface area (Å²) in [4.78, 5) is 38.4. The van der Waals surface area contributed by atoms with Crippen LogP contribution in [-0.2, 0) is 39.5 Å². The van der Waals surface area contributed by atoms with Gasteiger partial charge in [0.2, 0.25) is 0 Å². The summed E-state index contributed by atoms with van der Waals surface area (Å²) >= 11 is 0. The van der Waals surface area contributed by atoms with Gasteiger partial charge in [-0.2, -0.15) is 0 Å². The van der Waals surface area contributed by atoms with Crippen molar-refractivity contribution >= 4 is 22.7 Å². The van der Waals surface area contributed by atoms with Gasteiger partial charge in [-0.3, -0.25) is 9.59 Å². The summed E-state index contributed by atoms with van der Waals surface area (Å²) in [6.07, 6.45) is 6.62. The number of aromatic nitrogens is 1. The number of ether oxygens (including phenoxy) is 2. The number of esters is 2. The molecule has 0 saturated carbocycles. The van der Waals surface area contributed by atoms with Crippen LogP contribution in [0.25, 0.3) is 22.0 Å². The van der Waals surface area contributed by atoms with Crippen molar-refractivity contribution in [1.29, 1.82) is 0 Å². The predicted molar refractivity (Wildman–Crippen MR) is 145 cm³/mol. The molecule has 2 aliphatic rings. The molecule has 1 N–H and O–H groups in total. The number of cyclic esters (lactones) is 1. The van der Waals surface area contributed by atoms with E-state index in [0.29, 0.717) is 35.5 Å². The van der Waals surface area contributed by atoms with Crippen LogP contribution in [0.5, 0.6) is 5.75 Å². The van der Waals surface area contributed by atoms with E-state index in [1.54, 1.807) is 17.6 Å². The summed E-state index contributed by atoms with van der Waals surface area (Å²) in [6, 6.07) is 9.50. The van der Waals surface area contributed by atoms with Gasteiger partial charge in [0.25, 0.3) is 5.56 Å². The van der Waals surface area contributed by atoms with Gasteiger partial charge >= 0.3 is 11.9 Å². The summed E-state index contributed by atoms with van der Waals surface area (Å²) in [7, 11) is 0. The molecular weight excluding hydrogens is 482 g/mol. The van der Waals surface area contributed by atoms with Crippen molar-refractivity contribution in [2.45, 2.75) is 90.9 Å². The Morgan fingerprint density at radius 3 is 2.58 bits per heavy atom. The van der Waals surface area contributed by atoms with Crippen LogP contribution in [0.4, 0.5) is 0 Å². The lowest BCUT2D eigenvalue weighted by atomic mass is 9.85. The molecule has 0 amide bonds. The maximum Gasteiger partial charge on any atom is 0.343 e. The molecular formula is C31H35NO6. The Morgan fingerprint density at radius 1 is 1.05 bits per heavy atom. The first-order valence-electron chi connectivity index (χ1n) is 13.8. The van der Waals surface area contributed by atoms with E-state index in [9.17, 15) is 19.5 Å². The van der Waals surface area contributed by atoms with Gasteiger partial charge in [-0.15, -0.1) is 0 Å². The van der Waals surface area contributed by atoms with Crippen molar-refractivity contribution in [1.82, 2.24) is 4.57 Å². The number of benzene rings is 2. The molecule has 0 bridgehead atoms. The van der Waals surface area contributed by atoms with E-state index in [0.717, 1.165) is 53.1 Å². The molecule has 0 aliphatic carbocycles. The minimum atomic E-state index is -1.83. The first-order valence-corrected chi connectivity index (χ1v) is 13.8. The maximum absolute atomic E-state index is 13.5. The SMILES string of the molecule is CCCCCCCC(=O)Oc1ccc2cc3c(c(CC)c2c1)Cn1c-3cc2c(c1=O)COC(=O)[C@]2(O)CC. The molecule has 7 heteroatoms. The molecule has 0 radical (unpaired) electrons. The predicted octanol–water partition coefficient (Wildman–Crippen LogP) is 5.51. The Balaban J connectivity index is 1.51. The molecule has 0 saturated heterocycles. The number of pyridine rings is 1. The number of nitrogens with zero attached hydrogens (tertiary/aromatic N) is 1. The number of hydrogen-bond acceptors (Lipinski definition) is 6. The lowest BCUT2D eigenvalue weighted by Crippen LogP contribution is -2.44. The number of rotatable bonds is 9. The fraction of sp³-hybridized carbons (Fsp3) is 0.452. The average molecular weight is 518 g/mol. The van der Waals surface area contributed by atoms with Gasteiger partial charge in [-0.1, -0.05) is 52.5 Å². The number of fused-ring (bicyclic) bond motifs is 5. The van der Waals surface area contributed by atoms with Crippen LogP contribution < -0.4 is 10.3 Å². The zero-order valence-corrected chi connectivity index (χ0v) is 22.4. The zero-order valence-electron chi connectivity index (χ0n) is 22.4. The summed E-state index contributed by atoms with van der Waals surface area (Å²) in [5.41, 5.74) is 2.34. The number of carbonyl (C=O) groups excluding carboxylic acids is 2. The van der Waals surface area contributed by atoms with E-state index < -0.39 is 11.6 Å². The highest BCUT2D eigenvalue weighted by atomic mass is 16.6. The maximum atomic E-state index is 13.5. The van der Waals surface area contributed by atoms with Gasteiger partial charge in [-0.25, -0.2) is 4.79 Å². The molecule has 0 unspecified atom stereocenters. The van der Waals surface area contributed by atoms with Crippen molar-refractivity contribution in [2.75, 3.05) is 0 Å². The minimum Gasteiger partial charge on any atom is -0.458 e. The smallest absolute Gasteiger partial charge is 0.343 e. The molecule has 1 atom stereocenters. The van der Waals surface area contributed by atoms with E-state index in [4.69, 9.17) is 9.47 Å². The molecule has 0 spiro atoms. The normalized spacial score (nSPS) is 17.6. The molecule has 0 fully saturated rings. The first kappa shape index (κ1) is 26.2. The third-order valence-corrected chi connectivity index (χ3v) is 8.04. The molecule has 200 valence electrons. The van der Waals surface area contributed by atoms with Gasteiger partial charge in [0.15, 0.2) is 5.60 Å². The molecule has 2 aromatic carbocycles. The van der Waals surface area contributed by atoms with Crippen molar-refractivity contribution in [3.63, 3.8) is 0 Å². The highest BCUT2D eigenvalue weighted by Crippen LogP contribution is 2.42. The Bertz CT molecular complexity index is 1490. The second kappa shape index (κ2) is 10.4. The molecule has 1 aromatic heterocycles. The number of hydrogen-bond donors (Lipinski definition) is 1. The third kappa shape index (κ3) is 4.33. The van der Waals surface area contributed by atoms with Gasteiger partial charge in [0.1, 0.15) is 12.4 Å². The highest BCUT2D eigenvalue weighted by molar-refractivity contribution is 5.94. The standard InChI is InChI=1S/C31H35NO6/c1-4-7-8-9-10-11-28(33)38-20-13-12-19-14-23-24(21(5-2)22(19)15-20)17-32-27(23)16-26-25(29(32)34)18-37-30(35)31(26,36)6-3/h12-16,36H,4-11,17-18H2,1-3H3/t31-/m0/s1. The molecule has 3 heterocycles. The van der Waals surface area contributed by atoms with Crippen LogP contribution in [-0.4, -0.2) is 21.6 Å². The summed E-state index contributed by atoms with van der Waals surface area (Å²) < 4.78 is 12.6. The summed E-state index contributed by atoms with van der Waals surface area (Å²) in [6.45, 7) is 6.21. The van der Waals surface area contributed by atoms with Crippen molar-refractivity contribution in [2.24, 2.45) is 0 Å². The average Bonchev–Trinajstić information content (AvgIpc) is 3.28. The second-order valence-electron chi connectivity index (χ2n) is 10.4. The minimum absolute atomic E-state index is 0.118. The fourth-order valence-electron chi connectivity index (χ4n) is 5.86. The first-order chi connectivity index (χ1) is 18.3. The van der Waals surface area contributed by atoms with E-state index in [2.05, 4.69) is 13.8 Å². The quantitative estimate of drug-likeness (QED) is 0.179. The highest BCUT2D eigenvalue weighted by Gasteiger charge is 2.45. The van der Waals surface area contributed by atoms with Gasteiger partial charge < -0.3 is 19.1 Å². The zero-order chi connectivity index (χ0) is 27.0. The van der Waals surface area contributed by atoms with Crippen LogP contribution >= 0.6 is 0 Å². The monoisotopic (exact) mass is 517 g/mol. The van der Waals surface area contributed by atoms with Crippen LogP contribution in [0.1, 0.15) is 88.0 Å². The van der Waals surface area contributed by atoms with Crippen molar-refractivity contribution in [3.8, 4) is 17.0 Å². The Hall–Kier alpha value is -3.45. The van der Waals surface area contributed by atoms with Crippen molar-refractivity contribution in [3.05, 3.63) is 62.9 Å². The lowest BCUT2D eigenvalue weighted by molar-refractivity contribution is -0.172. The number of aryl methyl sites for hydroxylation is 1. The Kier molecular flexibility index (Phi) is 7.14. The van der Waals surface area contributed by atoms with Crippen LogP contribution in [0, 0.1) is 0 Å². The summed E-state index contributed by atoms with van der Waals surface area (Å²) in [5.74, 6) is -0.409. The molecule has 3 aromatic rings. The number of aliphatic hydroxyl groups is 1. The van der Waals surface area contributed by atoms with Crippen LogP contribution in [0.2, 0.25) is 0 Å². The lowest BCUT2D eigenvalue weighted by Gasteiger charge is -2.31. The largest absolute Gasteiger partial charge is 0.458 e. The topological polar surface area (TPSA) is 94.8 Å². The summed E-state index contributed by atoms with van der Waals surface area (Å²) in [5, 5.41) is 13.1. The van der Waals surface area contributed by atoms with E-state index in [-0.39, 0.29) is 24.6 Å². The Morgan fingerprint density at radius 2 is 1.84 bits per heavy atom. The van der Waals surface area contributed by atoms with Gasteiger partial charge in [-0.05, 0) is 65.4 Å². The molecule has 2 aliphatic heterocycles.